The van der Waals surface area contributed by atoms with Crippen LogP contribution in [-0.4, -0.2) is 17.3 Å². The fourth-order valence-electron chi connectivity index (χ4n) is 2.21. The zero-order chi connectivity index (χ0) is 13.1. The maximum atomic E-state index is 12.0. The molecular formula is C13H14BrCl2NO. The van der Waals surface area contributed by atoms with Crippen molar-refractivity contribution < 1.29 is 4.79 Å². The first-order valence-corrected chi connectivity index (χ1v) is 7.60. The second-order valence-corrected chi connectivity index (χ2v) is 6.75. The third kappa shape index (κ3) is 3.62. The molecule has 0 aliphatic heterocycles. The second kappa shape index (κ2) is 6.27. The standard InChI is InChI=1S/C13H14BrCl2NO/c14-9-2-1-8(5-9)7-17-13(18)11-4-3-10(15)6-12(11)16/h3-4,6,8-9H,1-2,5,7H2,(H,17,18). The van der Waals surface area contributed by atoms with Gasteiger partial charge in [0.2, 0.25) is 0 Å². The van der Waals surface area contributed by atoms with E-state index in [0.29, 0.717) is 32.9 Å². The Balaban J connectivity index is 1.91. The molecule has 2 rings (SSSR count). The third-order valence-electron chi connectivity index (χ3n) is 3.20. The Labute approximate surface area is 125 Å². The van der Waals surface area contributed by atoms with Gasteiger partial charge in [-0.25, -0.2) is 0 Å². The molecule has 5 heteroatoms. The van der Waals surface area contributed by atoms with Crippen molar-refractivity contribution in [2.45, 2.75) is 24.1 Å². The van der Waals surface area contributed by atoms with E-state index in [1.54, 1.807) is 18.2 Å². The molecule has 0 saturated heterocycles. The molecule has 1 aromatic rings. The molecule has 1 N–H and O–H groups in total. The topological polar surface area (TPSA) is 29.1 Å². The van der Waals surface area contributed by atoms with Crippen LogP contribution in [0.2, 0.25) is 10.0 Å². The molecule has 0 spiro atoms. The predicted molar refractivity (Wildman–Crippen MR) is 78.9 cm³/mol. The number of amides is 1. The predicted octanol–water partition coefficient (Wildman–Crippen LogP) is 4.29. The summed E-state index contributed by atoms with van der Waals surface area (Å²) >= 11 is 15.4. The Kier molecular flexibility index (Phi) is 4.93. The molecule has 1 aromatic carbocycles. The van der Waals surface area contributed by atoms with Gasteiger partial charge in [0.05, 0.1) is 10.6 Å². The van der Waals surface area contributed by atoms with E-state index in [9.17, 15) is 4.79 Å². The number of carbonyl (C=O) groups is 1. The highest BCUT2D eigenvalue weighted by molar-refractivity contribution is 9.09. The van der Waals surface area contributed by atoms with Gasteiger partial charge in [0.1, 0.15) is 0 Å². The van der Waals surface area contributed by atoms with Crippen LogP contribution in [0.25, 0.3) is 0 Å². The van der Waals surface area contributed by atoms with Crippen LogP contribution in [0.1, 0.15) is 29.6 Å². The average molecular weight is 351 g/mol. The summed E-state index contributed by atoms with van der Waals surface area (Å²) < 4.78 is 0. The second-order valence-electron chi connectivity index (χ2n) is 4.61. The minimum absolute atomic E-state index is 0.130. The summed E-state index contributed by atoms with van der Waals surface area (Å²) in [4.78, 5) is 12.6. The number of alkyl halides is 1. The van der Waals surface area contributed by atoms with Gasteiger partial charge in [-0.2, -0.15) is 0 Å². The van der Waals surface area contributed by atoms with E-state index in [4.69, 9.17) is 23.2 Å². The van der Waals surface area contributed by atoms with Crippen LogP contribution in [0.4, 0.5) is 0 Å². The van der Waals surface area contributed by atoms with Gasteiger partial charge >= 0.3 is 0 Å². The largest absolute Gasteiger partial charge is 0.352 e. The van der Waals surface area contributed by atoms with E-state index in [1.165, 1.54) is 6.42 Å². The highest BCUT2D eigenvalue weighted by Crippen LogP contribution is 2.30. The lowest BCUT2D eigenvalue weighted by atomic mass is 10.1. The Morgan fingerprint density at radius 1 is 1.39 bits per heavy atom. The minimum Gasteiger partial charge on any atom is -0.352 e. The molecular weight excluding hydrogens is 337 g/mol. The van der Waals surface area contributed by atoms with E-state index in [0.717, 1.165) is 12.8 Å². The SMILES string of the molecule is O=C(NCC1CCC(Br)C1)c1ccc(Cl)cc1Cl. The minimum atomic E-state index is -0.130. The molecule has 1 amide bonds. The Morgan fingerprint density at radius 2 is 2.17 bits per heavy atom. The highest BCUT2D eigenvalue weighted by atomic mass is 79.9. The molecule has 98 valence electrons. The van der Waals surface area contributed by atoms with Gasteiger partial charge in [0.15, 0.2) is 0 Å². The normalized spacial score (nSPS) is 23.1. The summed E-state index contributed by atoms with van der Waals surface area (Å²) in [7, 11) is 0. The number of hydrogen-bond donors (Lipinski definition) is 1. The van der Waals surface area contributed by atoms with Gasteiger partial charge in [-0.1, -0.05) is 39.1 Å². The summed E-state index contributed by atoms with van der Waals surface area (Å²) in [5.74, 6) is 0.430. The average Bonchev–Trinajstić information content (AvgIpc) is 2.72. The number of rotatable bonds is 3. The monoisotopic (exact) mass is 349 g/mol. The smallest absolute Gasteiger partial charge is 0.252 e. The van der Waals surface area contributed by atoms with Crippen molar-refractivity contribution in [3.63, 3.8) is 0 Å². The lowest BCUT2D eigenvalue weighted by molar-refractivity contribution is 0.0947. The number of carbonyl (C=O) groups excluding carboxylic acids is 1. The molecule has 1 saturated carbocycles. The quantitative estimate of drug-likeness (QED) is 0.809. The first kappa shape index (κ1) is 14.2. The van der Waals surface area contributed by atoms with E-state index in [1.807, 2.05) is 0 Å². The summed E-state index contributed by atoms with van der Waals surface area (Å²) in [6.07, 6.45) is 3.46. The fourth-order valence-corrected chi connectivity index (χ4v) is 3.49. The maximum Gasteiger partial charge on any atom is 0.252 e. The van der Waals surface area contributed by atoms with Gasteiger partial charge in [0, 0.05) is 16.4 Å². The molecule has 0 heterocycles. The van der Waals surface area contributed by atoms with Crippen LogP contribution in [0.5, 0.6) is 0 Å². The third-order valence-corrected chi connectivity index (χ3v) is 4.58. The van der Waals surface area contributed by atoms with Crippen molar-refractivity contribution in [2.75, 3.05) is 6.54 Å². The highest BCUT2D eigenvalue weighted by Gasteiger charge is 2.23. The van der Waals surface area contributed by atoms with Crippen molar-refractivity contribution >= 4 is 45.0 Å². The van der Waals surface area contributed by atoms with Gasteiger partial charge in [-0.15, -0.1) is 0 Å². The number of nitrogens with one attached hydrogen (secondary N) is 1. The van der Waals surface area contributed by atoms with Crippen LogP contribution in [0.15, 0.2) is 18.2 Å². The summed E-state index contributed by atoms with van der Waals surface area (Å²) in [6, 6.07) is 4.91. The zero-order valence-electron chi connectivity index (χ0n) is 9.76. The van der Waals surface area contributed by atoms with Crippen molar-refractivity contribution in [1.29, 1.82) is 0 Å². The van der Waals surface area contributed by atoms with Gasteiger partial charge in [-0.05, 0) is 43.4 Å². The molecule has 1 fully saturated rings. The molecule has 18 heavy (non-hydrogen) atoms. The molecule has 1 aliphatic rings. The first-order valence-electron chi connectivity index (χ1n) is 5.93. The van der Waals surface area contributed by atoms with E-state index in [-0.39, 0.29) is 5.91 Å². The van der Waals surface area contributed by atoms with E-state index >= 15 is 0 Å². The summed E-state index contributed by atoms with van der Waals surface area (Å²) in [5.41, 5.74) is 0.481. The molecule has 2 unspecified atom stereocenters. The van der Waals surface area contributed by atoms with Gasteiger partial charge in [0.25, 0.3) is 5.91 Å². The lowest BCUT2D eigenvalue weighted by Gasteiger charge is -2.11. The Morgan fingerprint density at radius 3 is 2.78 bits per heavy atom. The molecule has 0 radical (unpaired) electrons. The van der Waals surface area contributed by atoms with E-state index in [2.05, 4.69) is 21.2 Å². The molecule has 2 atom stereocenters. The number of benzene rings is 1. The maximum absolute atomic E-state index is 12.0. The molecule has 0 bridgehead atoms. The Hall–Kier alpha value is -0.250. The number of halogens is 3. The van der Waals surface area contributed by atoms with Crippen LogP contribution in [-0.2, 0) is 0 Å². The van der Waals surface area contributed by atoms with E-state index < -0.39 is 0 Å². The van der Waals surface area contributed by atoms with Gasteiger partial charge < -0.3 is 5.32 Å². The van der Waals surface area contributed by atoms with Crippen LogP contribution in [0, 0.1) is 5.92 Å². The zero-order valence-corrected chi connectivity index (χ0v) is 12.9. The molecule has 1 aliphatic carbocycles. The van der Waals surface area contributed by atoms with Gasteiger partial charge in [-0.3, -0.25) is 4.79 Å². The summed E-state index contributed by atoms with van der Waals surface area (Å²) in [6.45, 7) is 0.708. The fraction of sp³-hybridized carbons (Fsp3) is 0.462. The lowest BCUT2D eigenvalue weighted by Crippen LogP contribution is -2.28. The van der Waals surface area contributed by atoms with Crippen molar-refractivity contribution in [3.8, 4) is 0 Å². The van der Waals surface area contributed by atoms with Crippen molar-refractivity contribution in [1.82, 2.24) is 5.32 Å². The summed E-state index contributed by atoms with van der Waals surface area (Å²) in [5, 5.41) is 3.86. The van der Waals surface area contributed by atoms with Crippen LogP contribution < -0.4 is 5.32 Å². The van der Waals surface area contributed by atoms with Crippen LogP contribution >= 0.6 is 39.1 Å². The van der Waals surface area contributed by atoms with Crippen LogP contribution in [0.3, 0.4) is 0 Å². The first-order chi connectivity index (χ1) is 8.56. The van der Waals surface area contributed by atoms with Crippen molar-refractivity contribution in [3.05, 3.63) is 33.8 Å². The molecule has 2 nitrogen and oxygen atoms in total. The number of hydrogen-bond acceptors (Lipinski definition) is 1. The van der Waals surface area contributed by atoms with Crippen molar-refractivity contribution in [2.24, 2.45) is 5.92 Å². The molecule has 0 aromatic heterocycles. The Bertz CT molecular complexity index is 453.